The Morgan fingerprint density at radius 3 is 3.16 bits per heavy atom. The monoisotopic (exact) mass is 283 g/mol. The zero-order valence-corrected chi connectivity index (χ0v) is 11.6. The number of rotatable bonds is 3. The molecule has 6 heteroatoms. The number of halogens is 1. The summed E-state index contributed by atoms with van der Waals surface area (Å²) >= 11 is 5.98. The highest BCUT2D eigenvalue weighted by molar-refractivity contribution is 6.34. The van der Waals surface area contributed by atoms with Gasteiger partial charge in [-0.25, -0.2) is 0 Å². The van der Waals surface area contributed by atoms with Crippen molar-refractivity contribution in [2.24, 2.45) is 0 Å². The molecule has 1 unspecified atom stereocenters. The summed E-state index contributed by atoms with van der Waals surface area (Å²) in [5.74, 6) is -0.228. The number of morpholine rings is 1. The molecule has 1 aromatic carbocycles. The number of amides is 1. The standard InChI is InChI=1S/C13H18ClN3O2/c1-17-4-5-19-10(8-17)7-16-13(18)11-6-9(15)2-3-12(11)14/h2-3,6,10H,4-5,7-8,15H2,1H3,(H,16,18). The Hall–Kier alpha value is -1.30. The van der Waals surface area contributed by atoms with Crippen LogP contribution in [0, 0.1) is 0 Å². The molecule has 0 saturated carbocycles. The van der Waals surface area contributed by atoms with Crippen molar-refractivity contribution in [3.05, 3.63) is 28.8 Å². The van der Waals surface area contributed by atoms with Crippen molar-refractivity contribution in [1.29, 1.82) is 0 Å². The third-order valence-corrected chi connectivity index (χ3v) is 3.40. The molecular formula is C13H18ClN3O2. The quantitative estimate of drug-likeness (QED) is 0.812. The maximum absolute atomic E-state index is 12.0. The van der Waals surface area contributed by atoms with Crippen molar-refractivity contribution in [2.75, 3.05) is 39.0 Å². The molecule has 1 atom stereocenters. The van der Waals surface area contributed by atoms with Crippen LogP contribution in [0.1, 0.15) is 10.4 Å². The van der Waals surface area contributed by atoms with Gasteiger partial charge in [-0.05, 0) is 25.2 Å². The SMILES string of the molecule is CN1CCOC(CNC(=O)c2cc(N)ccc2Cl)C1. The zero-order chi connectivity index (χ0) is 13.8. The Balaban J connectivity index is 1.92. The third kappa shape index (κ3) is 3.83. The normalized spacial score (nSPS) is 20.2. The molecule has 1 aliphatic heterocycles. The van der Waals surface area contributed by atoms with Crippen LogP contribution in [-0.4, -0.2) is 50.2 Å². The van der Waals surface area contributed by atoms with Crippen molar-refractivity contribution in [1.82, 2.24) is 10.2 Å². The van der Waals surface area contributed by atoms with E-state index in [1.807, 2.05) is 7.05 Å². The lowest BCUT2D eigenvalue weighted by Crippen LogP contribution is -2.45. The molecule has 1 amide bonds. The number of nitrogens with one attached hydrogen (secondary N) is 1. The van der Waals surface area contributed by atoms with E-state index >= 15 is 0 Å². The predicted octanol–water partition coefficient (Wildman–Crippen LogP) is 0.983. The predicted molar refractivity (Wildman–Crippen MR) is 75.4 cm³/mol. The van der Waals surface area contributed by atoms with E-state index < -0.39 is 0 Å². The number of nitrogens with zero attached hydrogens (tertiary/aromatic N) is 1. The van der Waals surface area contributed by atoms with Crippen molar-refractivity contribution < 1.29 is 9.53 Å². The molecule has 0 spiro atoms. The van der Waals surface area contributed by atoms with Gasteiger partial charge in [-0.1, -0.05) is 11.6 Å². The van der Waals surface area contributed by atoms with Gasteiger partial charge in [0.2, 0.25) is 0 Å². The first-order chi connectivity index (χ1) is 9.06. The first-order valence-corrected chi connectivity index (χ1v) is 6.57. The van der Waals surface area contributed by atoms with Crippen LogP contribution in [0.3, 0.4) is 0 Å². The number of carbonyl (C=O) groups is 1. The third-order valence-electron chi connectivity index (χ3n) is 3.07. The summed E-state index contributed by atoms with van der Waals surface area (Å²) in [5, 5.41) is 3.22. The van der Waals surface area contributed by atoms with Gasteiger partial charge < -0.3 is 20.7 Å². The maximum atomic E-state index is 12.0. The Labute approximate surface area is 117 Å². The first-order valence-electron chi connectivity index (χ1n) is 6.19. The first kappa shape index (κ1) is 14.1. The van der Waals surface area contributed by atoms with Crippen LogP contribution in [0.15, 0.2) is 18.2 Å². The lowest BCUT2D eigenvalue weighted by atomic mass is 10.2. The Morgan fingerprint density at radius 2 is 2.42 bits per heavy atom. The highest BCUT2D eigenvalue weighted by Crippen LogP contribution is 2.18. The van der Waals surface area contributed by atoms with E-state index in [0.717, 1.165) is 13.1 Å². The molecule has 104 valence electrons. The summed E-state index contributed by atoms with van der Waals surface area (Å²) in [6.45, 7) is 2.89. The summed E-state index contributed by atoms with van der Waals surface area (Å²) in [5.41, 5.74) is 6.56. The number of nitrogens with two attached hydrogens (primary N) is 1. The van der Waals surface area contributed by atoms with Crippen LogP contribution in [0.4, 0.5) is 5.69 Å². The van der Waals surface area contributed by atoms with Gasteiger partial charge in [-0.15, -0.1) is 0 Å². The fourth-order valence-corrected chi connectivity index (χ4v) is 2.21. The fraction of sp³-hybridized carbons (Fsp3) is 0.462. The molecule has 19 heavy (non-hydrogen) atoms. The molecule has 1 aliphatic rings. The summed E-state index contributed by atoms with van der Waals surface area (Å²) in [4.78, 5) is 14.2. The van der Waals surface area contributed by atoms with E-state index in [0.29, 0.717) is 29.4 Å². The van der Waals surface area contributed by atoms with Gasteiger partial charge in [0.1, 0.15) is 0 Å². The van der Waals surface area contributed by atoms with Crippen molar-refractivity contribution >= 4 is 23.2 Å². The molecule has 5 nitrogen and oxygen atoms in total. The number of nitrogen functional groups attached to an aromatic ring is 1. The summed E-state index contributed by atoms with van der Waals surface area (Å²) in [6.07, 6.45) is 0.0162. The van der Waals surface area contributed by atoms with Gasteiger partial charge in [0.15, 0.2) is 0 Å². The second kappa shape index (κ2) is 6.23. The van der Waals surface area contributed by atoms with Gasteiger partial charge in [0.25, 0.3) is 5.91 Å². The van der Waals surface area contributed by atoms with Crippen LogP contribution < -0.4 is 11.1 Å². The van der Waals surface area contributed by atoms with Crippen molar-refractivity contribution in [3.63, 3.8) is 0 Å². The van der Waals surface area contributed by atoms with Gasteiger partial charge in [0, 0.05) is 25.3 Å². The molecule has 3 N–H and O–H groups in total. The largest absolute Gasteiger partial charge is 0.399 e. The van der Waals surface area contributed by atoms with E-state index in [1.54, 1.807) is 18.2 Å². The number of anilines is 1. The number of hydrogen-bond donors (Lipinski definition) is 2. The smallest absolute Gasteiger partial charge is 0.252 e. The Kier molecular flexibility index (Phi) is 4.63. The molecule has 0 aromatic heterocycles. The van der Waals surface area contributed by atoms with Gasteiger partial charge in [0.05, 0.1) is 23.3 Å². The van der Waals surface area contributed by atoms with E-state index in [9.17, 15) is 4.79 Å². The average Bonchev–Trinajstić information content (AvgIpc) is 2.39. The Bertz CT molecular complexity index is 467. The summed E-state index contributed by atoms with van der Waals surface area (Å²) in [6, 6.07) is 4.86. The number of hydrogen-bond acceptors (Lipinski definition) is 4. The van der Waals surface area contributed by atoms with Crippen LogP contribution in [0.2, 0.25) is 5.02 Å². The highest BCUT2D eigenvalue weighted by Gasteiger charge is 2.19. The summed E-state index contributed by atoms with van der Waals surface area (Å²) in [7, 11) is 2.03. The minimum atomic E-state index is -0.228. The second-order valence-electron chi connectivity index (χ2n) is 4.70. The second-order valence-corrected chi connectivity index (χ2v) is 5.11. The molecule has 0 bridgehead atoms. The van der Waals surface area contributed by atoms with E-state index in [1.165, 1.54) is 0 Å². The minimum absolute atomic E-state index is 0.0162. The zero-order valence-electron chi connectivity index (χ0n) is 10.9. The van der Waals surface area contributed by atoms with E-state index in [-0.39, 0.29) is 12.0 Å². The van der Waals surface area contributed by atoms with Crippen LogP contribution >= 0.6 is 11.6 Å². The van der Waals surface area contributed by atoms with Gasteiger partial charge in [-0.3, -0.25) is 4.79 Å². The number of carbonyl (C=O) groups excluding carboxylic acids is 1. The van der Waals surface area contributed by atoms with Gasteiger partial charge >= 0.3 is 0 Å². The topological polar surface area (TPSA) is 67.6 Å². The highest BCUT2D eigenvalue weighted by atomic mass is 35.5. The number of ether oxygens (including phenoxy) is 1. The lowest BCUT2D eigenvalue weighted by molar-refractivity contribution is -0.0175. The van der Waals surface area contributed by atoms with Crippen molar-refractivity contribution in [2.45, 2.75) is 6.10 Å². The average molecular weight is 284 g/mol. The minimum Gasteiger partial charge on any atom is -0.399 e. The molecule has 0 radical (unpaired) electrons. The van der Waals surface area contributed by atoms with Crippen LogP contribution in [0.25, 0.3) is 0 Å². The maximum Gasteiger partial charge on any atom is 0.252 e. The number of likely N-dealkylation sites (N-methyl/N-ethyl adjacent to an activating group) is 1. The van der Waals surface area contributed by atoms with Gasteiger partial charge in [-0.2, -0.15) is 0 Å². The number of benzene rings is 1. The molecule has 1 fully saturated rings. The molecule has 1 saturated heterocycles. The van der Waals surface area contributed by atoms with Crippen LogP contribution in [-0.2, 0) is 4.74 Å². The van der Waals surface area contributed by atoms with Crippen molar-refractivity contribution in [3.8, 4) is 0 Å². The molecule has 1 heterocycles. The van der Waals surface area contributed by atoms with Crippen LogP contribution in [0.5, 0.6) is 0 Å². The fourth-order valence-electron chi connectivity index (χ4n) is 2.01. The molecule has 0 aliphatic carbocycles. The summed E-state index contributed by atoms with van der Waals surface area (Å²) < 4.78 is 5.57. The molecular weight excluding hydrogens is 266 g/mol. The van der Waals surface area contributed by atoms with E-state index in [2.05, 4.69) is 10.2 Å². The van der Waals surface area contributed by atoms with E-state index in [4.69, 9.17) is 22.1 Å². The lowest BCUT2D eigenvalue weighted by Gasteiger charge is -2.30. The molecule has 1 aromatic rings. The Morgan fingerprint density at radius 1 is 1.63 bits per heavy atom. The molecule has 2 rings (SSSR count).